The third kappa shape index (κ3) is 3.56. The van der Waals surface area contributed by atoms with Gasteiger partial charge in [0.1, 0.15) is 17.9 Å². The minimum absolute atomic E-state index is 0.0969. The highest BCUT2D eigenvalue weighted by Crippen LogP contribution is 2.35. The largest absolute Gasteiger partial charge is 0.382 e. The number of aromatic nitrogens is 3. The smallest absolute Gasteiger partial charge is 0.151 e. The number of anilines is 1. The van der Waals surface area contributed by atoms with E-state index in [0.717, 1.165) is 37.1 Å². The van der Waals surface area contributed by atoms with Crippen LogP contribution in [0, 0.1) is 0 Å². The van der Waals surface area contributed by atoms with E-state index in [1.54, 1.807) is 0 Å². The third-order valence-corrected chi connectivity index (χ3v) is 5.80. The highest BCUT2D eigenvalue weighted by atomic mass is 16.5. The van der Waals surface area contributed by atoms with Crippen molar-refractivity contribution in [2.24, 2.45) is 0 Å². The van der Waals surface area contributed by atoms with Crippen LogP contribution < -0.4 is 5.73 Å². The van der Waals surface area contributed by atoms with Gasteiger partial charge in [-0.2, -0.15) is 5.10 Å². The lowest BCUT2D eigenvalue weighted by Gasteiger charge is -2.28. The van der Waals surface area contributed by atoms with Crippen LogP contribution >= 0.6 is 0 Å². The summed E-state index contributed by atoms with van der Waals surface area (Å²) in [6.45, 7) is 3.42. The summed E-state index contributed by atoms with van der Waals surface area (Å²) in [5.74, 6) is 0.515. The van der Waals surface area contributed by atoms with E-state index in [2.05, 4.69) is 40.0 Å². The number of likely N-dealkylation sites (tertiary alicyclic amines) is 1. The molecule has 0 bridgehead atoms. The summed E-state index contributed by atoms with van der Waals surface area (Å²) in [7, 11) is 4.31. The second-order valence-electron chi connectivity index (χ2n) is 7.91. The summed E-state index contributed by atoms with van der Waals surface area (Å²) < 4.78 is 8.30. The zero-order chi connectivity index (χ0) is 18.1. The van der Waals surface area contributed by atoms with Crippen molar-refractivity contribution in [2.45, 2.75) is 50.4 Å². The Morgan fingerprint density at radius 2 is 2.15 bits per heavy atom. The van der Waals surface area contributed by atoms with Crippen LogP contribution in [-0.4, -0.2) is 70.3 Å². The van der Waals surface area contributed by atoms with E-state index in [4.69, 9.17) is 10.5 Å². The van der Waals surface area contributed by atoms with E-state index in [9.17, 15) is 0 Å². The van der Waals surface area contributed by atoms with Crippen molar-refractivity contribution in [3.05, 3.63) is 24.2 Å². The molecule has 0 unspecified atom stereocenters. The molecule has 2 aromatic heterocycles. The van der Waals surface area contributed by atoms with Gasteiger partial charge in [0.25, 0.3) is 0 Å². The van der Waals surface area contributed by atoms with Crippen molar-refractivity contribution in [1.82, 2.24) is 24.4 Å². The fourth-order valence-electron chi connectivity index (χ4n) is 4.41. The number of ether oxygens (including phenoxy) is 1. The van der Waals surface area contributed by atoms with Crippen molar-refractivity contribution in [1.29, 1.82) is 0 Å². The Hall–Kier alpha value is -1.70. The SMILES string of the molecule is CN(C)CC[C@@H]1CCCN1C[C@@H]1CC[C@H](c2ccc3c(N)ncnn23)O1. The van der Waals surface area contributed by atoms with E-state index < -0.39 is 0 Å². The predicted octanol–water partition coefficient (Wildman–Crippen LogP) is 1.95. The highest BCUT2D eigenvalue weighted by Gasteiger charge is 2.33. The number of rotatable bonds is 6. The predicted molar refractivity (Wildman–Crippen MR) is 102 cm³/mol. The van der Waals surface area contributed by atoms with Crippen LogP contribution in [0.2, 0.25) is 0 Å². The summed E-state index contributed by atoms with van der Waals surface area (Å²) in [6, 6.07) is 4.77. The number of hydrogen-bond acceptors (Lipinski definition) is 6. The first kappa shape index (κ1) is 17.7. The van der Waals surface area contributed by atoms with Gasteiger partial charge in [-0.1, -0.05) is 0 Å². The molecule has 2 aromatic rings. The number of nitrogens with zero attached hydrogens (tertiary/aromatic N) is 5. The first-order chi connectivity index (χ1) is 12.6. The van der Waals surface area contributed by atoms with Crippen LogP contribution in [0.4, 0.5) is 5.82 Å². The lowest BCUT2D eigenvalue weighted by molar-refractivity contribution is 0.0161. The van der Waals surface area contributed by atoms with E-state index in [1.807, 2.05) is 10.6 Å². The third-order valence-electron chi connectivity index (χ3n) is 5.80. The number of hydrogen-bond donors (Lipinski definition) is 1. The highest BCUT2D eigenvalue weighted by molar-refractivity contribution is 5.65. The van der Waals surface area contributed by atoms with Crippen LogP contribution in [0.25, 0.3) is 5.52 Å². The quantitative estimate of drug-likeness (QED) is 0.851. The van der Waals surface area contributed by atoms with Crippen molar-refractivity contribution < 1.29 is 4.74 Å². The van der Waals surface area contributed by atoms with Gasteiger partial charge in [0.15, 0.2) is 5.82 Å². The topological polar surface area (TPSA) is 71.9 Å². The molecule has 3 atom stereocenters. The Morgan fingerprint density at radius 1 is 1.27 bits per heavy atom. The number of fused-ring (bicyclic) bond motifs is 1. The molecule has 7 nitrogen and oxygen atoms in total. The van der Waals surface area contributed by atoms with Gasteiger partial charge in [-0.25, -0.2) is 9.50 Å². The zero-order valence-electron chi connectivity index (χ0n) is 15.8. The number of nitrogens with two attached hydrogens (primary N) is 1. The molecule has 2 N–H and O–H groups in total. The average Bonchev–Trinajstić information content (AvgIpc) is 3.33. The molecule has 4 rings (SSSR count). The van der Waals surface area contributed by atoms with Gasteiger partial charge in [0, 0.05) is 12.6 Å². The molecule has 2 aliphatic heterocycles. The molecule has 0 amide bonds. The van der Waals surface area contributed by atoms with E-state index in [0.29, 0.717) is 18.0 Å². The van der Waals surface area contributed by atoms with Crippen molar-refractivity contribution >= 4 is 11.3 Å². The number of nitrogen functional groups attached to an aromatic ring is 1. The standard InChI is InChI=1S/C19H30N6O/c1-23(2)11-9-14-4-3-10-24(14)12-15-5-8-18(26-15)16-6-7-17-19(20)21-13-22-25(16)17/h6-7,13-15,18H,3-5,8-12H2,1-2H3,(H2,20,21,22)/t14-,15-,18+/m0/s1. The van der Waals surface area contributed by atoms with E-state index >= 15 is 0 Å². The molecule has 0 spiro atoms. The molecule has 2 aliphatic rings. The maximum absolute atomic E-state index is 6.42. The van der Waals surface area contributed by atoms with Crippen LogP contribution in [0.1, 0.15) is 43.9 Å². The Kier molecular flexibility index (Phi) is 5.11. The first-order valence-corrected chi connectivity index (χ1v) is 9.74. The maximum Gasteiger partial charge on any atom is 0.151 e. The Labute approximate surface area is 155 Å². The fraction of sp³-hybridized carbons (Fsp3) is 0.684. The second kappa shape index (κ2) is 7.50. The average molecular weight is 358 g/mol. The monoisotopic (exact) mass is 358 g/mol. The van der Waals surface area contributed by atoms with Crippen LogP contribution in [0.3, 0.4) is 0 Å². The molecule has 0 aromatic carbocycles. The summed E-state index contributed by atoms with van der Waals surface area (Å²) in [6.07, 6.45) is 7.95. The lowest BCUT2D eigenvalue weighted by atomic mass is 10.1. The minimum Gasteiger partial charge on any atom is -0.382 e. The molecule has 2 saturated heterocycles. The Balaban J connectivity index is 1.38. The fourth-order valence-corrected chi connectivity index (χ4v) is 4.41. The normalized spacial score (nSPS) is 27.1. The Morgan fingerprint density at radius 3 is 3.00 bits per heavy atom. The second-order valence-corrected chi connectivity index (χ2v) is 7.91. The van der Waals surface area contributed by atoms with Crippen LogP contribution in [-0.2, 0) is 4.74 Å². The van der Waals surface area contributed by atoms with Crippen LogP contribution in [0.15, 0.2) is 18.5 Å². The molecule has 0 saturated carbocycles. The molecular formula is C19H30N6O. The van der Waals surface area contributed by atoms with Crippen LogP contribution in [0.5, 0.6) is 0 Å². The first-order valence-electron chi connectivity index (χ1n) is 9.74. The van der Waals surface area contributed by atoms with Gasteiger partial charge < -0.3 is 15.4 Å². The Bertz CT molecular complexity index is 745. The summed E-state index contributed by atoms with van der Waals surface area (Å²) in [5, 5.41) is 4.36. The van der Waals surface area contributed by atoms with Gasteiger partial charge in [-0.05, 0) is 71.4 Å². The molecule has 26 heavy (non-hydrogen) atoms. The minimum atomic E-state index is 0.0969. The molecule has 0 radical (unpaired) electrons. The molecule has 142 valence electrons. The van der Waals surface area contributed by atoms with E-state index in [1.165, 1.54) is 32.1 Å². The lowest BCUT2D eigenvalue weighted by Crippen LogP contribution is -2.37. The molecule has 2 fully saturated rings. The summed E-state index contributed by atoms with van der Waals surface area (Å²) in [5.41, 5.74) is 7.89. The maximum atomic E-state index is 6.42. The zero-order valence-corrected chi connectivity index (χ0v) is 15.8. The molecule has 4 heterocycles. The van der Waals surface area contributed by atoms with Gasteiger partial charge in [-0.3, -0.25) is 4.90 Å². The van der Waals surface area contributed by atoms with Gasteiger partial charge in [-0.15, -0.1) is 0 Å². The van der Waals surface area contributed by atoms with Gasteiger partial charge in [0.05, 0.1) is 11.8 Å². The van der Waals surface area contributed by atoms with Crippen molar-refractivity contribution in [3.63, 3.8) is 0 Å². The van der Waals surface area contributed by atoms with Gasteiger partial charge in [0.2, 0.25) is 0 Å². The summed E-state index contributed by atoms with van der Waals surface area (Å²) in [4.78, 5) is 8.99. The van der Waals surface area contributed by atoms with Crippen molar-refractivity contribution in [2.75, 3.05) is 39.5 Å². The van der Waals surface area contributed by atoms with E-state index in [-0.39, 0.29) is 6.10 Å². The molecule has 0 aliphatic carbocycles. The molecular weight excluding hydrogens is 328 g/mol. The van der Waals surface area contributed by atoms with Gasteiger partial charge >= 0.3 is 0 Å². The van der Waals surface area contributed by atoms with Crippen molar-refractivity contribution in [3.8, 4) is 0 Å². The summed E-state index contributed by atoms with van der Waals surface area (Å²) >= 11 is 0. The molecule has 7 heteroatoms.